The van der Waals surface area contributed by atoms with E-state index in [2.05, 4.69) is 5.32 Å². The van der Waals surface area contributed by atoms with E-state index in [0.29, 0.717) is 12.2 Å². The van der Waals surface area contributed by atoms with E-state index in [9.17, 15) is 9.18 Å². The highest BCUT2D eigenvalue weighted by atomic mass is 19.1. The van der Waals surface area contributed by atoms with Crippen LogP contribution in [0.15, 0.2) is 18.2 Å². The van der Waals surface area contributed by atoms with E-state index < -0.39 is 5.60 Å². The number of hydrogen-bond donors (Lipinski definition) is 1. The molecule has 1 N–H and O–H groups in total. The Hall–Kier alpha value is -1.58. The molecule has 0 fully saturated rings. The molecule has 0 aliphatic rings. The maximum atomic E-state index is 13.1. The van der Waals surface area contributed by atoms with Gasteiger partial charge in [-0.15, -0.1) is 0 Å². The number of nitrogens with one attached hydrogen (secondary N) is 1. The smallest absolute Gasteiger partial charge is 0.308 e. The first-order valence-corrected chi connectivity index (χ1v) is 5.99. The number of aryl methyl sites for hydroxylation is 1. The van der Waals surface area contributed by atoms with Crippen molar-refractivity contribution in [2.24, 2.45) is 0 Å². The highest BCUT2D eigenvalue weighted by Crippen LogP contribution is 2.13. The average molecular weight is 253 g/mol. The van der Waals surface area contributed by atoms with Crippen molar-refractivity contribution in [3.8, 4) is 0 Å². The number of ether oxygens (including phenoxy) is 1. The minimum atomic E-state index is -0.466. The molecule has 0 amide bonds. The third kappa shape index (κ3) is 5.66. The fourth-order valence-electron chi connectivity index (χ4n) is 1.54. The maximum absolute atomic E-state index is 13.1. The summed E-state index contributed by atoms with van der Waals surface area (Å²) >= 11 is 0. The first-order chi connectivity index (χ1) is 8.26. The highest BCUT2D eigenvalue weighted by molar-refractivity contribution is 5.70. The Labute approximate surface area is 107 Å². The van der Waals surface area contributed by atoms with Crippen molar-refractivity contribution in [3.05, 3.63) is 29.6 Å². The molecule has 3 nitrogen and oxygen atoms in total. The zero-order valence-corrected chi connectivity index (χ0v) is 11.3. The molecule has 0 unspecified atom stereocenters. The molecule has 0 radical (unpaired) electrons. The molecule has 0 heterocycles. The lowest BCUT2D eigenvalue weighted by Gasteiger charge is -2.19. The fraction of sp³-hybridized carbons (Fsp3) is 0.500. The van der Waals surface area contributed by atoms with Crippen LogP contribution in [0.5, 0.6) is 0 Å². The zero-order chi connectivity index (χ0) is 13.8. The first kappa shape index (κ1) is 14.5. The van der Waals surface area contributed by atoms with Gasteiger partial charge in [-0.05, 0) is 51.5 Å². The van der Waals surface area contributed by atoms with Crippen LogP contribution in [0.2, 0.25) is 0 Å². The van der Waals surface area contributed by atoms with Gasteiger partial charge >= 0.3 is 5.97 Å². The van der Waals surface area contributed by atoms with E-state index in [4.69, 9.17) is 4.74 Å². The normalized spacial score (nSPS) is 11.2. The second-order valence-corrected chi connectivity index (χ2v) is 5.28. The number of benzene rings is 1. The monoisotopic (exact) mass is 253 g/mol. The average Bonchev–Trinajstić information content (AvgIpc) is 2.12. The van der Waals surface area contributed by atoms with Gasteiger partial charge in [-0.2, -0.15) is 0 Å². The number of carbonyl (C=O) groups excluding carboxylic acids is 1. The number of anilines is 1. The summed E-state index contributed by atoms with van der Waals surface area (Å²) in [6.07, 6.45) is 0.257. The van der Waals surface area contributed by atoms with Crippen LogP contribution in [0.25, 0.3) is 0 Å². The van der Waals surface area contributed by atoms with Crippen molar-refractivity contribution < 1.29 is 13.9 Å². The fourth-order valence-corrected chi connectivity index (χ4v) is 1.54. The molecule has 1 aromatic carbocycles. The predicted molar refractivity (Wildman–Crippen MR) is 70.1 cm³/mol. The lowest BCUT2D eigenvalue weighted by atomic mass is 10.2. The predicted octanol–water partition coefficient (Wildman–Crippen LogP) is 3.28. The first-order valence-electron chi connectivity index (χ1n) is 5.99. The van der Waals surface area contributed by atoms with Crippen molar-refractivity contribution in [1.29, 1.82) is 0 Å². The minimum absolute atomic E-state index is 0.257. The van der Waals surface area contributed by atoms with Crippen LogP contribution in [0, 0.1) is 12.7 Å². The molecule has 4 heteroatoms. The standard InChI is InChI=1S/C14H20FNO2/c1-10-7-11(15)9-12(8-10)16-6-5-13(17)18-14(2,3)4/h7-9,16H,5-6H2,1-4H3. The highest BCUT2D eigenvalue weighted by Gasteiger charge is 2.15. The molecule has 18 heavy (non-hydrogen) atoms. The summed E-state index contributed by atoms with van der Waals surface area (Å²) in [4.78, 5) is 11.4. The van der Waals surface area contributed by atoms with Crippen molar-refractivity contribution >= 4 is 11.7 Å². The lowest BCUT2D eigenvalue weighted by Crippen LogP contribution is -2.25. The molecule has 0 saturated heterocycles. The van der Waals surface area contributed by atoms with Crippen LogP contribution in [0.3, 0.4) is 0 Å². The Morgan fingerprint density at radius 1 is 1.33 bits per heavy atom. The summed E-state index contributed by atoms with van der Waals surface area (Å²) in [6, 6.07) is 4.69. The Morgan fingerprint density at radius 3 is 2.56 bits per heavy atom. The van der Waals surface area contributed by atoms with Crippen molar-refractivity contribution in [2.75, 3.05) is 11.9 Å². The molecule has 1 rings (SSSR count). The van der Waals surface area contributed by atoms with Gasteiger partial charge in [0.1, 0.15) is 11.4 Å². The third-order valence-electron chi connectivity index (χ3n) is 2.12. The Bertz CT molecular complexity index is 404. The quantitative estimate of drug-likeness (QED) is 0.837. The Kier molecular flexibility index (Phi) is 4.70. The molecule has 0 aliphatic carbocycles. The Balaban J connectivity index is 2.40. The summed E-state index contributed by atoms with van der Waals surface area (Å²) in [6.45, 7) is 7.73. The molecule has 100 valence electrons. The second-order valence-electron chi connectivity index (χ2n) is 5.28. The topological polar surface area (TPSA) is 38.3 Å². The number of rotatable bonds is 4. The van der Waals surface area contributed by atoms with Crippen molar-refractivity contribution in [2.45, 2.75) is 39.7 Å². The lowest BCUT2D eigenvalue weighted by molar-refractivity contribution is -0.154. The summed E-state index contributed by atoms with van der Waals surface area (Å²) in [5, 5.41) is 3.00. The van der Waals surface area contributed by atoms with Crippen LogP contribution in [-0.2, 0) is 9.53 Å². The summed E-state index contributed by atoms with van der Waals surface area (Å²) in [7, 11) is 0. The summed E-state index contributed by atoms with van der Waals surface area (Å²) in [5.74, 6) is -0.544. The van der Waals surface area contributed by atoms with Crippen molar-refractivity contribution in [1.82, 2.24) is 0 Å². The van der Waals surface area contributed by atoms with Gasteiger partial charge in [-0.25, -0.2) is 4.39 Å². The molecule has 0 bridgehead atoms. The zero-order valence-electron chi connectivity index (χ0n) is 11.3. The van der Waals surface area contributed by atoms with Crippen LogP contribution < -0.4 is 5.32 Å². The molecule has 0 saturated carbocycles. The second kappa shape index (κ2) is 5.85. The Morgan fingerprint density at radius 2 is 2.00 bits per heavy atom. The number of carbonyl (C=O) groups is 1. The maximum Gasteiger partial charge on any atom is 0.308 e. The molecule has 0 aliphatic heterocycles. The van der Waals surface area contributed by atoms with E-state index >= 15 is 0 Å². The van der Waals surface area contributed by atoms with E-state index in [0.717, 1.165) is 5.56 Å². The van der Waals surface area contributed by atoms with Crippen LogP contribution in [0.4, 0.5) is 10.1 Å². The van der Waals surface area contributed by atoms with Gasteiger partial charge in [0.05, 0.1) is 6.42 Å². The third-order valence-corrected chi connectivity index (χ3v) is 2.12. The SMILES string of the molecule is Cc1cc(F)cc(NCCC(=O)OC(C)(C)C)c1. The van der Waals surface area contributed by atoms with E-state index in [1.165, 1.54) is 12.1 Å². The molecule has 0 aromatic heterocycles. The van der Waals surface area contributed by atoms with Gasteiger partial charge < -0.3 is 10.1 Å². The minimum Gasteiger partial charge on any atom is -0.460 e. The van der Waals surface area contributed by atoms with Gasteiger partial charge in [0.2, 0.25) is 0 Å². The summed E-state index contributed by atoms with van der Waals surface area (Å²) in [5.41, 5.74) is 1.05. The van der Waals surface area contributed by atoms with Gasteiger partial charge in [0.15, 0.2) is 0 Å². The molecule has 0 spiro atoms. The molecular formula is C14H20FNO2. The van der Waals surface area contributed by atoms with Gasteiger partial charge in [-0.3, -0.25) is 4.79 Å². The van der Waals surface area contributed by atoms with Gasteiger partial charge in [0.25, 0.3) is 0 Å². The van der Waals surface area contributed by atoms with Crippen LogP contribution >= 0.6 is 0 Å². The largest absolute Gasteiger partial charge is 0.460 e. The van der Waals surface area contributed by atoms with E-state index in [1.54, 1.807) is 0 Å². The van der Waals surface area contributed by atoms with Crippen LogP contribution in [0.1, 0.15) is 32.8 Å². The number of hydrogen-bond acceptors (Lipinski definition) is 3. The molecular weight excluding hydrogens is 233 g/mol. The van der Waals surface area contributed by atoms with E-state index in [1.807, 2.05) is 33.8 Å². The molecule has 1 aromatic rings. The number of esters is 1. The van der Waals surface area contributed by atoms with Crippen molar-refractivity contribution in [3.63, 3.8) is 0 Å². The van der Waals surface area contributed by atoms with Gasteiger partial charge in [-0.1, -0.05) is 0 Å². The molecule has 0 atom stereocenters. The number of halogens is 1. The van der Waals surface area contributed by atoms with Crippen LogP contribution in [-0.4, -0.2) is 18.1 Å². The van der Waals surface area contributed by atoms with Gasteiger partial charge in [0, 0.05) is 12.2 Å². The summed E-state index contributed by atoms with van der Waals surface area (Å²) < 4.78 is 18.3. The van der Waals surface area contributed by atoms with E-state index in [-0.39, 0.29) is 18.2 Å².